The summed E-state index contributed by atoms with van der Waals surface area (Å²) in [5, 5.41) is 10.8. The molecule has 2 bridgehead atoms. The molecule has 92 valence electrons. The van der Waals surface area contributed by atoms with Crippen molar-refractivity contribution in [3.8, 4) is 0 Å². The Balaban J connectivity index is 1.88. The van der Waals surface area contributed by atoms with Crippen molar-refractivity contribution in [2.45, 2.75) is 37.7 Å². The fourth-order valence-electron chi connectivity index (χ4n) is 2.96. The van der Waals surface area contributed by atoms with Gasteiger partial charge in [-0.1, -0.05) is 30.3 Å². The molecule has 2 fully saturated rings. The number of aliphatic hydroxyl groups is 1. The molecule has 3 heteroatoms. The predicted molar refractivity (Wildman–Crippen MR) is 65.5 cm³/mol. The number of piperidine rings is 1. The van der Waals surface area contributed by atoms with Crippen LogP contribution in [-0.4, -0.2) is 35.4 Å². The molecule has 0 aromatic heterocycles. The third kappa shape index (κ3) is 1.88. The van der Waals surface area contributed by atoms with Gasteiger partial charge in [-0.25, -0.2) is 0 Å². The molecule has 2 heterocycles. The number of benzene rings is 1. The zero-order chi connectivity index (χ0) is 11.9. The van der Waals surface area contributed by atoms with Crippen molar-refractivity contribution in [1.29, 1.82) is 0 Å². The molecule has 3 rings (SSSR count). The van der Waals surface area contributed by atoms with Gasteiger partial charge in [-0.05, 0) is 25.3 Å². The second kappa shape index (κ2) is 4.09. The molecule has 0 radical (unpaired) electrons. The van der Waals surface area contributed by atoms with Crippen LogP contribution in [0.25, 0.3) is 0 Å². The van der Waals surface area contributed by atoms with E-state index in [1.54, 1.807) is 0 Å². The minimum Gasteiger partial charge on any atom is -0.381 e. The van der Waals surface area contributed by atoms with E-state index in [0.29, 0.717) is 6.10 Å². The number of hydrogen-bond acceptors (Lipinski definition) is 3. The maximum absolute atomic E-state index is 10.8. The average Bonchev–Trinajstić information content (AvgIpc) is 2.66. The maximum atomic E-state index is 10.8. The number of fused-ring (bicyclic) bond motifs is 2. The van der Waals surface area contributed by atoms with Crippen molar-refractivity contribution >= 4 is 0 Å². The van der Waals surface area contributed by atoms with Crippen LogP contribution in [0.3, 0.4) is 0 Å². The maximum Gasteiger partial charge on any atom is 0.144 e. The summed E-state index contributed by atoms with van der Waals surface area (Å²) in [6.07, 6.45) is 2.41. The summed E-state index contributed by atoms with van der Waals surface area (Å²) in [5.41, 5.74) is -0.00192. The normalized spacial score (nSPS) is 35.5. The van der Waals surface area contributed by atoms with Crippen molar-refractivity contribution in [1.82, 2.24) is 4.90 Å². The van der Waals surface area contributed by atoms with E-state index in [1.807, 2.05) is 37.3 Å². The highest BCUT2D eigenvalue weighted by molar-refractivity contribution is 5.23. The molecule has 17 heavy (non-hydrogen) atoms. The van der Waals surface area contributed by atoms with Gasteiger partial charge in [-0.15, -0.1) is 0 Å². The molecule has 0 saturated carbocycles. The SMILES string of the molecule is C[C@](O)(c1ccccc1)[C@H]1O[C@@H]2CCCN1C2. The summed E-state index contributed by atoms with van der Waals surface area (Å²) in [5.74, 6) is 0. The Hall–Kier alpha value is -0.900. The van der Waals surface area contributed by atoms with Crippen molar-refractivity contribution in [3.05, 3.63) is 35.9 Å². The van der Waals surface area contributed by atoms with E-state index in [0.717, 1.165) is 25.1 Å². The highest BCUT2D eigenvalue weighted by atomic mass is 16.5. The van der Waals surface area contributed by atoms with Gasteiger partial charge in [0.25, 0.3) is 0 Å². The number of ether oxygens (including phenoxy) is 1. The van der Waals surface area contributed by atoms with Crippen LogP contribution in [0, 0.1) is 0 Å². The zero-order valence-corrected chi connectivity index (χ0v) is 10.2. The lowest BCUT2D eigenvalue weighted by molar-refractivity contribution is -0.134. The third-order valence-corrected chi connectivity index (χ3v) is 3.90. The predicted octanol–water partition coefficient (Wildman–Crippen LogP) is 1.71. The van der Waals surface area contributed by atoms with Gasteiger partial charge in [-0.3, -0.25) is 4.90 Å². The summed E-state index contributed by atoms with van der Waals surface area (Å²) < 4.78 is 5.98. The quantitative estimate of drug-likeness (QED) is 0.844. The standard InChI is InChI=1S/C14H19NO2/c1-14(16,11-6-3-2-4-7-11)13-15-9-5-8-12(10-15)17-13/h2-4,6-7,12-13,16H,5,8-10H2,1H3/t12-,13-,14+/m1/s1. The molecule has 2 aliphatic rings. The van der Waals surface area contributed by atoms with E-state index < -0.39 is 5.60 Å². The molecule has 0 aliphatic carbocycles. The Kier molecular flexibility index (Phi) is 2.69. The Labute approximate surface area is 102 Å². The summed E-state index contributed by atoms with van der Waals surface area (Å²) in [7, 11) is 0. The first-order valence-corrected chi connectivity index (χ1v) is 6.35. The Morgan fingerprint density at radius 2 is 2.12 bits per heavy atom. The molecule has 2 aliphatic heterocycles. The zero-order valence-electron chi connectivity index (χ0n) is 10.2. The minimum atomic E-state index is -0.930. The Bertz CT molecular complexity index is 390. The summed E-state index contributed by atoms with van der Waals surface area (Å²) >= 11 is 0. The first-order chi connectivity index (χ1) is 8.18. The van der Waals surface area contributed by atoms with Gasteiger partial charge >= 0.3 is 0 Å². The third-order valence-electron chi connectivity index (χ3n) is 3.90. The number of nitrogens with zero attached hydrogens (tertiary/aromatic N) is 1. The van der Waals surface area contributed by atoms with E-state index >= 15 is 0 Å². The van der Waals surface area contributed by atoms with Crippen LogP contribution < -0.4 is 0 Å². The van der Waals surface area contributed by atoms with Crippen LogP contribution in [-0.2, 0) is 10.3 Å². The molecular formula is C14H19NO2. The van der Waals surface area contributed by atoms with Gasteiger partial charge in [0, 0.05) is 13.1 Å². The number of hydrogen-bond donors (Lipinski definition) is 1. The fourth-order valence-corrected chi connectivity index (χ4v) is 2.96. The van der Waals surface area contributed by atoms with Crippen LogP contribution in [0.5, 0.6) is 0 Å². The molecule has 1 aromatic rings. The van der Waals surface area contributed by atoms with Crippen molar-refractivity contribution in [2.75, 3.05) is 13.1 Å². The molecule has 1 unspecified atom stereocenters. The lowest BCUT2D eigenvalue weighted by Gasteiger charge is -2.35. The van der Waals surface area contributed by atoms with Crippen molar-refractivity contribution in [3.63, 3.8) is 0 Å². The second-order valence-electron chi connectivity index (χ2n) is 5.26. The van der Waals surface area contributed by atoms with Crippen LogP contribution in [0.15, 0.2) is 30.3 Å². The average molecular weight is 233 g/mol. The molecule has 1 aromatic carbocycles. The molecule has 2 saturated heterocycles. The summed E-state index contributed by atoms with van der Waals surface area (Å²) in [4.78, 5) is 2.27. The lowest BCUT2D eigenvalue weighted by Crippen LogP contribution is -2.46. The minimum absolute atomic E-state index is 0.197. The Morgan fingerprint density at radius 1 is 1.35 bits per heavy atom. The molecule has 1 N–H and O–H groups in total. The van der Waals surface area contributed by atoms with E-state index in [4.69, 9.17) is 4.74 Å². The first-order valence-electron chi connectivity index (χ1n) is 6.35. The van der Waals surface area contributed by atoms with Crippen LogP contribution in [0.4, 0.5) is 0 Å². The largest absolute Gasteiger partial charge is 0.381 e. The van der Waals surface area contributed by atoms with Gasteiger partial charge in [0.2, 0.25) is 0 Å². The van der Waals surface area contributed by atoms with Crippen LogP contribution in [0.2, 0.25) is 0 Å². The van der Waals surface area contributed by atoms with Crippen LogP contribution >= 0.6 is 0 Å². The topological polar surface area (TPSA) is 32.7 Å². The fraction of sp³-hybridized carbons (Fsp3) is 0.571. The van der Waals surface area contributed by atoms with E-state index in [2.05, 4.69) is 4.90 Å². The van der Waals surface area contributed by atoms with Crippen molar-refractivity contribution < 1.29 is 9.84 Å². The van der Waals surface area contributed by atoms with E-state index in [9.17, 15) is 5.11 Å². The molecular weight excluding hydrogens is 214 g/mol. The monoisotopic (exact) mass is 233 g/mol. The molecule has 0 spiro atoms. The molecule has 4 atom stereocenters. The van der Waals surface area contributed by atoms with Gasteiger partial charge < -0.3 is 9.84 Å². The highest BCUT2D eigenvalue weighted by Gasteiger charge is 2.46. The Morgan fingerprint density at radius 3 is 2.82 bits per heavy atom. The smallest absolute Gasteiger partial charge is 0.144 e. The summed E-state index contributed by atoms with van der Waals surface area (Å²) in [6.45, 7) is 3.85. The van der Waals surface area contributed by atoms with Gasteiger partial charge in [0.15, 0.2) is 0 Å². The van der Waals surface area contributed by atoms with Crippen LogP contribution in [0.1, 0.15) is 25.3 Å². The van der Waals surface area contributed by atoms with Gasteiger partial charge in [0.05, 0.1) is 6.10 Å². The molecule has 3 nitrogen and oxygen atoms in total. The molecule has 0 amide bonds. The highest BCUT2D eigenvalue weighted by Crippen LogP contribution is 2.36. The van der Waals surface area contributed by atoms with E-state index in [1.165, 1.54) is 6.42 Å². The van der Waals surface area contributed by atoms with Crippen molar-refractivity contribution in [2.24, 2.45) is 0 Å². The number of rotatable bonds is 2. The second-order valence-corrected chi connectivity index (χ2v) is 5.26. The lowest BCUT2D eigenvalue weighted by atomic mass is 9.93. The first kappa shape index (κ1) is 11.2. The van der Waals surface area contributed by atoms with Gasteiger partial charge in [-0.2, -0.15) is 0 Å². The van der Waals surface area contributed by atoms with E-state index in [-0.39, 0.29) is 6.23 Å². The summed E-state index contributed by atoms with van der Waals surface area (Å²) in [6, 6.07) is 9.81. The van der Waals surface area contributed by atoms with Gasteiger partial charge in [0.1, 0.15) is 11.8 Å².